The van der Waals surface area contributed by atoms with Crippen LogP contribution in [0, 0.1) is 5.92 Å². The third-order valence-electron chi connectivity index (χ3n) is 2.80. The third-order valence-corrected chi connectivity index (χ3v) is 2.80. The minimum Gasteiger partial charge on any atom is -0.393 e. The smallest absolute Gasteiger partial charge is 0.221 e. The summed E-state index contributed by atoms with van der Waals surface area (Å²) in [5, 5.41) is 12.4. The number of aliphatic hydroxyl groups excluding tert-OH is 1. The molecule has 1 fully saturated rings. The van der Waals surface area contributed by atoms with Gasteiger partial charge in [0.2, 0.25) is 5.91 Å². The van der Waals surface area contributed by atoms with Crippen LogP contribution >= 0.6 is 0 Å². The van der Waals surface area contributed by atoms with E-state index in [0.717, 1.165) is 25.7 Å². The molecule has 2 unspecified atom stereocenters. The summed E-state index contributed by atoms with van der Waals surface area (Å²) in [5.74, 6) is 0.232. The lowest BCUT2D eigenvalue weighted by Gasteiger charge is -2.27. The Kier molecular flexibility index (Phi) is 4.90. The van der Waals surface area contributed by atoms with Gasteiger partial charge in [-0.2, -0.15) is 0 Å². The average molecular weight is 200 g/mol. The molecule has 1 aliphatic rings. The first-order chi connectivity index (χ1) is 6.74. The molecule has 0 aliphatic heterocycles. The van der Waals surface area contributed by atoms with Gasteiger partial charge in [-0.25, -0.2) is 0 Å². The molecule has 4 heteroatoms. The minimum absolute atomic E-state index is 0.00901. The highest BCUT2D eigenvalue weighted by atomic mass is 16.3. The highest BCUT2D eigenvalue weighted by Crippen LogP contribution is 2.23. The van der Waals surface area contributed by atoms with E-state index in [2.05, 4.69) is 5.32 Å². The second-order valence-corrected chi connectivity index (χ2v) is 3.95. The average Bonchev–Trinajstić information content (AvgIpc) is 2.17. The maximum Gasteiger partial charge on any atom is 0.221 e. The van der Waals surface area contributed by atoms with Crippen molar-refractivity contribution in [3.05, 3.63) is 0 Å². The standard InChI is InChI=1S/C10H20N2O2/c11-6-5-10(14)12-7-8-3-1-2-4-9(8)13/h8-9,13H,1-7,11H2,(H,12,14). The molecule has 0 aromatic heterocycles. The van der Waals surface area contributed by atoms with Gasteiger partial charge in [-0.15, -0.1) is 0 Å². The van der Waals surface area contributed by atoms with Crippen LogP contribution in [0.2, 0.25) is 0 Å². The van der Waals surface area contributed by atoms with Gasteiger partial charge in [0.15, 0.2) is 0 Å². The molecule has 0 radical (unpaired) electrons. The summed E-state index contributed by atoms with van der Waals surface area (Å²) in [7, 11) is 0. The van der Waals surface area contributed by atoms with Crippen molar-refractivity contribution in [3.63, 3.8) is 0 Å². The highest BCUT2D eigenvalue weighted by molar-refractivity contribution is 5.75. The second kappa shape index (κ2) is 5.98. The number of rotatable bonds is 4. The van der Waals surface area contributed by atoms with E-state index in [-0.39, 0.29) is 17.9 Å². The van der Waals surface area contributed by atoms with E-state index < -0.39 is 0 Å². The Bertz CT molecular complexity index is 185. The summed E-state index contributed by atoms with van der Waals surface area (Å²) in [6.45, 7) is 0.985. The zero-order valence-corrected chi connectivity index (χ0v) is 8.54. The van der Waals surface area contributed by atoms with Gasteiger partial charge in [-0.3, -0.25) is 4.79 Å². The molecule has 0 saturated heterocycles. The van der Waals surface area contributed by atoms with Crippen LogP contribution in [0.4, 0.5) is 0 Å². The first-order valence-corrected chi connectivity index (χ1v) is 5.39. The number of carbonyl (C=O) groups is 1. The fraction of sp³-hybridized carbons (Fsp3) is 0.900. The molecule has 2 atom stereocenters. The van der Waals surface area contributed by atoms with Gasteiger partial charge in [-0.05, 0) is 12.8 Å². The number of carbonyl (C=O) groups excluding carboxylic acids is 1. The molecule has 1 rings (SSSR count). The molecule has 1 amide bonds. The van der Waals surface area contributed by atoms with Crippen molar-refractivity contribution in [1.29, 1.82) is 0 Å². The van der Waals surface area contributed by atoms with E-state index in [1.165, 1.54) is 0 Å². The van der Waals surface area contributed by atoms with Gasteiger partial charge >= 0.3 is 0 Å². The number of amides is 1. The molecule has 0 bridgehead atoms. The van der Waals surface area contributed by atoms with E-state index in [1.807, 2.05) is 0 Å². The Labute approximate surface area is 84.9 Å². The molecule has 0 spiro atoms. The van der Waals surface area contributed by atoms with Gasteiger partial charge in [0.25, 0.3) is 0 Å². The van der Waals surface area contributed by atoms with Crippen molar-refractivity contribution < 1.29 is 9.90 Å². The van der Waals surface area contributed by atoms with E-state index in [4.69, 9.17) is 5.73 Å². The fourth-order valence-corrected chi connectivity index (χ4v) is 1.89. The lowest BCUT2D eigenvalue weighted by molar-refractivity contribution is -0.121. The molecule has 0 heterocycles. The van der Waals surface area contributed by atoms with E-state index in [9.17, 15) is 9.90 Å². The van der Waals surface area contributed by atoms with Crippen LogP contribution in [-0.2, 0) is 4.79 Å². The van der Waals surface area contributed by atoms with Crippen molar-refractivity contribution in [2.45, 2.75) is 38.2 Å². The van der Waals surface area contributed by atoms with Gasteiger partial charge in [-0.1, -0.05) is 12.8 Å². The monoisotopic (exact) mass is 200 g/mol. The summed E-state index contributed by atoms with van der Waals surface area (Å²) < 4.78 is 0. The molecule has 14 heavy (non-hydrogen) atoms. The van der Waals surface area contributed by atoms with Crippen molar-refractivity contribution >= 4 is 5.91 Å². The predicted molar refractivity (Wildman–Crippen MR) is 54.6 cm³/mol. The number of aliphatic hydroxyl groups is 1. The Hall–Kier alpha value is -0.610. The van der Waals surface area contributed by atoms with Gasteiger partial charge in [0.05, 0.1) is 6.10 Å². The summed E-state index contributed by atoms with van der Waals surface area (Å²) >= 11 is 0. The first kappa shape index (κ1) is 11.5. The predicted octanol–water partition coefficient (Wildman–Crippen LogP) is 0.00250. The number of nitrogens with one attached hydrogen (secondary N) is 1. The van der Waals surface area contributed by atoms with Crippen molar-refractivity contribution in [1.82, 2.24) is 5.32 Å². The maximum atomic E-state index is 11.1. The normalized spacial score (nSPS) is 27.3. The molecule has 82 valence electrons. The molecule has 4 N–H and O–H groups in total. The molecule has 0 aromatic rings. The first-order valence-electron chi connectivity index (χ1n) is 5.39. The Morgan fingerprint density at radius 1 is 1.43 bits per heavy atom. The van der Waals surface area contributed by atoms with Gasteiger partial charge in [0.1, 0.15) is 0 Å². The van der Waals surface area contributed by atoms with Gasteiger partial charge < -0.3 is 16.2 Å². The van der Waals surface area contributed by atoms with E-state index in [0.29, 0.717) is 19.5 Å². The van der Waals surface area contributed by atoms with Crippen LogP contribution < -0.4 is 11.1 Å². The molecule has 1 aliphatic carbocycles. The summed E-state index contributed by atoms with van der Waals surface area (Å²) in [6.07, 6.45) is 4.30. The third kappa shape index (κ3) is 3.64. The van der Waals surface area contributed by atoms with Crippen LogP contribution in [0.5, 0.6) is 0 Å². The fourth-order valence-electron chi connectivity index (χ4n) is 1.89. The minimum atomic E-state index is -0.234. The zero-order valence-electron chi connectivity index (χ0n) is 8.54. The molecule has 0 aromatic carbocycles. The molecular weight excluding hydrogens is 180 g/mol. The Balaban J connectivity index is 2.19. The highest BCUT2D eigenvalue weighted by Gasteiger charge is 2.22. The van der Waals surface area contributed by atoms with Crippen LogP contribution in [0.3, 0.4) is 0 Å². The van der Waals surface area contributed by atoms with Crippen molar-refractivity contribution in [2.75, 3.05) is 13.1 Å². The zero-order chi connectivity index (χ0) is 10.4. The largest absolute Gasteiger partial charge is 0.393 e. The lowest BCUT2D eigenvalue weighted by atomic mass is 9.86. The topological polar surface area (TPSA) is 75.4 Å². The van der Waals surface area contributed by atoms with Crippen LogP contribution in [0.25, 0.3) is 0 Å². The molecule has 4 nitrogen and oxygen atoms in total. The van der Waals surface area contributed by atoms with Crippen LogP contribution in [-0.4, -0.2) is 30.2 Å². The summed E-state index contributed by atoms with van der Waals surface area (Å²) in [6, 6.07) is 0. The van der Waals surface area contributed by atoms with E-state index >= 15 is 0 Å². The number of hydrogen-bond donors (Lipinski definition) is 3. The van der Waals surface area contributed by atoms with Crippen molar-refractivity contribution in [3.8, 4) is 0 Å². The second-order valence-electron chi connectivity index (χ2n) is 3.95. The molecular formula is C10H20N2O2. The van der Waals surface area contributed by atoms with Gasteiger partial charge in [0, 0.05) is 25.4 Å². The summed E-state index contributed by atoms with van der Waals surface area (Å²) in [4.78, 5) is 11.1. The van der Waals surface area contributed by atoms with Crippen LogP contribution in [0.1, 0.15) is 32.1 Å². The summed E-state index contributed by atoms with van der Waals surface area (Å²) in [5.41, 5.74) is 5.26. The number of nitrogens with two attached hydrogens (primary N) is 1. The molecule has 1 saturated carbocycles. The quantitative estimate of drug-likeness (QED) is 0.598. The van der Waals surface area contributed by atoms with Crippen molar-refractivity contribution in [2.24, 2.45) is 11.7 Å². The van der Waals surface area contributed by atoms with E-state index in [1.54, 1.807) is 0 Å². The van der Waals surface area contributed by atoms with Crippen LogP contribution in [0.15, 0.2) is 0 Å². The lowest BCUT2D eigenvalue weighted by Crippen LogP contribution is -2.37. The maximum absolute atomic E-state index is 11.1. The number of hydrogen-bond acceptors (Lipinski definition) is 3. The Morgan fingerprint density at radius 2 is 2.14 bits per heavy atom. The SMILES string of the molecule is NCCC(=O)NCC1CCCCC1O. The Morgan fingerprint density at radius 3 is 2.79 bits per heavy atom.